The first-order valence-electron chi connectivity index (χ1n) is 8.95. The molecule has 0 fully saturated rings. The summed E-state index contributed by atoms with van der Waals surface area (Å²) in [5.41, 5.74) is 4.28. The Kier molecular flexibility index (Phi) is 4.84. The summed E-state index contributed by atoms with van der Waals surface area (Å²) in [6.07, 6.45) is 3.76. The van der Waals surface area contributed by atoms with Crippen LogP contribution in [0.25, 0.3) is 0 Å². The number of aromatic nitrogens is 1. The number of nitrogens with one attached hydrogen (secondary N) is 1. The molecular formula is C22H18ClN3O2. The zero-order chi connectivity index (χ0) is 19.7. The lowest BCUT2D eigenvalue weighted by atomic mass is 10.1. The number of nitrogens with zero attached hydrogens (tertiary/aromatic N) is 2. The van der Waals surface area contributed by atoms with Gasteiger partial charge in [-0.2, -0.15) is 0 Å². The van der Waals surface area contributed by atoms with E-state index in [-0.39, 0.29) is 11.8 Å². The van der Waals surface area contributed by atoms with E-state index < -0.39 is 0 Å². The number of pyridine rings is 1. The van der Waals surface area contributed by atoms with E-state index in [2.05, 4.69) is 10.3 Å². The van der Waals surface area contributed by atoms with Gasteiger partial charge in [-0.25, -0.2) is 0 Å². The first kappa shape index (κ1) is 18.2. The molecule has 0 radical (unpaired) electrons. The van der Waals surface area contributed by atoms with Gasteiger partial charge < -0.3 is 10.2 Å². The fourth-order valence-corrected chi connectivity index (χ4v) is 3.48. The molecule has 0 aliphatic carbocycles. The van der Waals surface area contributed by atoms with Gasteiger partial charge in [0.15, 0.2) is 0 Å². The number of carbonyl (C=O) groups excluding carboxylic acids is 2. The normalized spacial score (nSPS) is 12.6. The first-order chi connectivity index (χ1) is 13.5. The number of para-hydroxylation sites is 1. The second-order valence-electron chi connectivity index (χ2n) is 6.71. The van der Waals surface area contributed by atoms with Gasteiger partial charge in [-0.15, -0.1) is 0 Å². The van der Waals surface area contributed by atoms with Crippen molar-refractivity contribution >= 4 is 34.8 Å². The monoisotopic (exact) mass is 391 g/mol. The third kappa shape index (κ3) is 3.49. The van der Waals surface area contributed by atoms with Crippen LogP contribution in [0.15, 0.2) is 60.9 Å². The van der Waals surface area contributed by atoms with Crippen LogP contribution in [0.1, 0.15) is 31.8 Å². The smallest absolute Gasteiger partial charge is 0.259 e. The van der Waals surface area contributed by atoms with Crippen molar-refractivity contribution in [3.05, 3.63) is 88.2 Å². The van der Waals surface area contributed by atoms with Crippen molar-refractivity contribution in [2.24, 2.45) is 0 Å². The summed E-state index contributed by atoms with van der Waals surface area (Å²) in [7, 11) is 0. The van der Waals surface area contributed by atoms with Crippen LogP contribution in [0.2, 0.25) is 5.02 Å². The van der Waals surface area contributed by atoms with Gasteiger partial charge in [0, 0.05) is 35.3 Å². The molecule has 0 atom stereocenters. The van der Waals surface area contributed by atoms with Crippen molar-refractivity contribution in [2.45, 2.75) is 13.3 Å². The SMILES string of the molecule is Cc1ccc(Cl)cc1NC(=O)c1cncc(C(=O)N2CCc3ccccc32)c1. The van der Waals surface area contributed by atoms with E-state index >= 15 is 0 Å². The lowest BCUT2D eigenvalue weighted by Gasteiger charge is -2.17. The maximum absolute atomic E-state index is 13.0. The molecule has 1 aliphatic heterocycles. The topological polar surface area (TPSA) is 62.3 Å². The van der Waals surface area contributed by atoms with Crippen LogP contribution in [-0.4, -0.2) is 23.3 Å². The minimum Gasteiger partial charge on any atom is -0.322 e. The van der Waals surface area contributed by atoms with Crippen molar-refractivity contribution in [1.82, 2.24) is 4.98 Å². The number of carbonyl (C=O) groups is 2. The van der Waals surface area contributed by atoms with E-state index in [9.17, 15) is 9.59 Å². The molecule has 1 aliphatic rings. The molecule has 2 aromatic carbocycles. The molecule has 2 heterocycles. The highest BCUT2D eigenvalue weighted by molar-refractivity contribution is 6.31. The second kappa shape index (κ2) is 7.44. The standard InChI is InChI=1S/C22H18ClN3O2/c1-14-6-7-18(23)11-19(14)25-21(27)16-10-17(13-24-12-16)22(28)26-9-8-15-4-2-3-5-20(15)26/h2-7,10-13H,8-9H2,1H3,(H,25,27). The van der Waals surface area contributed by atoms with Crippen LogP contribution in [-0.2, 0) is 6.42 Å². The Morgan fingerprint density at radius 3 is 2.71 bits per heavy atom. The minimum atomic E-state index is -0.339. The van der Waals surface area contributed by atoms with Gasteiger partial charge in [0.2, 0.25) is 0 Å². The summed E-state index contributed by atoms with van der Waals surface area (Å²) < 4.78 is 0. The highest BCUT2D eigenvalue weighted by Crippen LogP contribution is 2.29. The van der Waals surface area contributed by atoms with E-state index in [1.807, 2.05) is 37.3 Å². The lowest BCUT2D eigenvalue weighted by molar-refractivity contribution is 0.0989. The molecule has 28 heavy (non-hydrogen) atoms. The number of anilines is 2. The van der Waals surface area contributed by atoms with E-state index in [1.165, 1.54) is 12.4 Å². The zero-order valence-corrected chi connectivity index (χ0v) is 16.0. The van der Waals surface area contributed by atoms with Gasteiger partial charge in [0.05, 0.1) is 11.1 Å². The summed E-state index contributed by atoms with van der Waals surface area (Å²) in [5.74, 6) is -0.500. The Balaban J connectivity index is 1.57. The van der Waals surface area contributed by atoms with Crippen molar-refractivity contribution in [1.29, 1.82) is 0 Å². The molecule has 0 saturated heterocycles. The maximum atomic E-state index is 13.0. The van der Waals surface area contributed by atoms with Crippen LogP contribution >= 0.6 is 11.6 Å². The maximum Gasteiger partial charge on any atom is 0.259 e. The summed E-state index contributed by atoms with van der Waals surface area (Å²) in [5, 5.41) is 3.37. The van der Waals surface area contributed by atoms with Gasteiger partial charge in [-0.05, 0) is 48.7 Å². The predicted molar refractivity (Wildman–Crippen MR) is 110 cm³/mol. The number of amides is 2. The van der Waals surface area contributed by atoms with Gasteiger partial charge in [0.25, 0.3) is 11.8 Å². The lowest BCUT2D eigenvalue weighted by Crippen LogP contribution is -2.29. The number of hydrogen-bond acceptors (Lipinski definition) is 3. The van der Waals surface area contributed by atoms with Crippen molar-refractivity contribution < 1.29 is 9.59 Å². The van der Waals surface area contributed by atoms with E-state index in [0.717, 1.165) is 23.2 Å². The number of aryl methyl sites for hydroxylation is 1. The van der Waals surface area contributed by atoms with E-state index in [0.29, 0.717) is 28.4 Å². The number of rotatable bonds is 3. The average Bonchev–Trinajstić information content (AvgIpc) is 3.14. The fourth-order valence-electron chi connectivity index (χ4n) is 3.31. The molecule has 140 valence electrons. The summed E-state index contributed by atoms with van der Waals surface area (Å²) in [6, 6.07) is 14.7. The molecule has 5 nitrogen and oxygen atoms in total. The zero-order valence-electron chi connectivity index (χ0n) is 15.3. The van der Waals surface area contributed by atoms with E-state index in [4.69, 9.17) is 11.6 Å². The van der Waals surface area contributed by atoms with Crippen LogP contribution < -0.4 is 10.2 Å². The molecule has 3 aromatic rings. The Hall–Kier alpha value is -3.18. The largest absolute Gasteiger partial charge is 0.322 e. The second-order valence-corrected chi connectivity index (χ2v) is 7.15. The van der Waals surface area contributed by atoms with Crippen LogP contribution in [0.4, 0.5) is 11.4 Å². The van der Waals surface area contributed by atoms with Crippen LogP contribution in [0, 0.1) is 6.92 Å². The van der Waals surface area contributed by atoms with Gasteiger partial charge in [0.1, 0.15) is 0 Å². The molecule has 0 bridgehead atoms. The Morgan fingerprint density at radius 2 is 1.86 bits per heavy atom. The Morgan fingerprint density at radius 1 is 1.07 bits per heavy atom. The minimum absolute atomic E-state index is 0.161. The summed E-state index contributed by atoms with van der Waals surface area (Å²) in [6.45, 7) is 2.51. The van der Waals surface area contributed by atoms with Crippen LogP contribution in [0.5, 0.6) is 0 Å². The third-order valence-corrected chi connectivity index (χ3v) is 5.06. The molecule has 0 unspecified atom stereocenters. The van der Waals surface area contributed by atoms with Gasteiger partial charge >= 0.3 is 0 Å². The molecule has 2 amide bonds. The third-order valence-electron chi connectivity index (χ3n) is 4.83. The van der Waals surface area contributed by atoms with Gasteiger partial charge in [-0.1, -0.05) is 35.9 Å². The summed E-state index contributed by atoms with van der Waals surface area (Å²) in [4.78, 5) is 31.5. The fraction of sp³-hybridized carbons (Fsp3) is 0.136. The first-order valence-corrected chi connectivity index (χ1v) is 9.33. The molecule has 6 heteroatoms. The predicted octanol–water partition coefficient (Wildman–Crippen LogP) is 4.50. The molecule has 0 saturated carbocycles. The number of fused-ring (bicyclic) bond motifs is 1. The number of benzene rings is 2. The molecule has 0 spiro atoms. The Labute approximate surface area is 168 Å². The van der Waals surface area contributed by atoms with E-state index in [1.54, 1.807) is 23.1 Å². The number of halogens is 1. The van der Waals surface area contributed by atoms with Gasteiger partial charge in [-0.3, -0.25) is 14.6 Å². The molecule has 1 N–H and O–H groups in total. The Bertz CT molecular complexity index is 1080. The van der Waals surface area contributed by atoms with Crippen LogP contribution in [0.3, 0.4) is 0 Å². The summed E-state index contributed by atoms with van der Waals surface area (Å²) >= 11 is 6.01. The highest BCUT2D eigenvalue weighted by atomic mass is 35.5. The molecule has 4 rings (SSSR count). The molecular weight excluding hydrogens is 374 g/mol. The van der Waals surface area contributed by atoms with Crippen molar-refractivity contribution in [3.8, 4) is 0 Å². The highest BCUT2D eigenvalue weighted by Gasteiger charge is 2.25. The van der Waals surface area contributed by atoms with Crippen molar-refractivity contribution in [3.63, 3.8) is 0 Å². The average molecular weight is 392 g/mol. The molecule has 1 aromatic heterocycles. The number of hydrogen-bond donors (Lipinski definition) is 1. The quantitative estimate of drug-likeness (QED) is 0.715. The van der Waals surface area contributed by atoms with Crippen molar-refractivity contribution in [2.75, 3.05) is 16.8 Å².